The van der Waals surface area contributed by atoms with Crippen LogP contribution in [0.4, 0.5) is 0 Å². The van der Waals surface area contributed by atoms with E-state index in [0.717, 1.165) is 122 Å². The van der Waals surface area contributed by atoms with Gasteiger partial charge in [-0.05, 0) is 128 Å². The van der Waals surface area contributed by atoms with Gasteiger partial charge in [0.05, 0.1) is 19.8 Å². The number of ether oxygens (including phenoxy) is 3. The van der Waals surface area contributed by atoms with E-state index in [1.54, 1.807) is 0 Å². The van der Waals surface area contributed by atoms with Gasteiger partial charge in [-0.15, -0.1) is 0 Å². The van der Waals surface area contributed by atoms with E-state index in [9.17, 15) is 28.9 Å². The van der Waals surface area contributed by atoms with Crippen molar-refractivity contribution in [2.45, 2.75) is 238 Å². The van der Waals surface area contributed by atoms with Crippen LogP contribution in [-0.4, -0.2) is 66.5 Å². The lowest BCUT2D eigenvalue weighted by Gasteiger charge is -2.21. The first-order valence-corrected chi connectivity index (χ1v) is 31.6. The maximum Gasteiger partial charge on any atom is 0.472 e. The smallest absolute Gasteiger partial charge is 0.462 e. The van der Waals surface area contributed by atoms with Gasteiger partial charge in [0.2, 0.25) is 0 Å². The lowest BCUT2D eigenvalue weighted by Crippen LogP contribution is -2.30. The van der Waals surface area contributed by atoms with E-state index >= 15 is 0 Å². The van der Waals surface area contributed by atoms with Gasteiger partial charge in [0.1, 0.15) is 12.7 Å². The minimum absolute atomic E-state index is 0.0758. The lowest BCUT2D eigenvalue weighted by atomic mass is 10.1. The van der Waals surface area contributed by atoms with Crippen LogP contribution in [0.1, 0.15) is 226 Å². The third-order valence-corrected chi connectivity index (χ3v) is 13.0. The van der Waals surface area contributed by atoms with E-state index < -0.39 is 57.8 Å². The SMILES string of the molecule is CC/C=C\C/C=C\C/C=C\C/C=C\C/C=C\CCCC(=O)OC(COC(=O)CCCCCC/C=C\C/C=C\C/C=C\C/C=C\CC)COP(=O)(O)OCC(CO)OC(=O)CCCCCCCCC/C=C\C/C=C\CCCCC. The Balaban J connectivity index is 4.85. The molecule has 0 rings (SSSR count). The van der Waals surface area contributed by atoms with Gasteiger partial charge in [0.15, 0.2) is 6.10 Å². The zero-order chi connectivity index (χ0) is 56.9. The molecule has 0 aromatic carbocycles. The Morgan fingerprint density at radius 3 is 1.08 bits per heavy atom. The molecule has 0 saturated heterocycles. The van der Waals surface area contributed by atoms with E-state index in [4.69, 9.17) is 23.3 Å². The molecule has 0 spiro atoms. The average Bonchev–Trinajstić information content (AvgIpc) is 3.43. The summed E-state index contributed by atoms with van der Waals surface area (Å²) >= 11 is 0. The van der Waals surface area contributed by atoms with Crippen LogP contribution in [0.25, 0.3) is 0 Å². The first-order valence-electron chi connectivity index (χ1n) is 30.1. The van der Waals surface area contributed by atoms with Crippen LogP contribution in [0.2, 0.25) is 0 Å². The number of aliphatic hydroxyl groups excluding tert-OH is 1. The topological polar surface area (TPSA) is 155 Å². The standard InChI is InChI=1S/C66H107O11P/c1-4-7-10-13-16-19-22-25-28-31-34-37-40-43-46-49-52-55-64(68)73-59-63(77-66(70)57-54-51-48-45-42-39-36-33-30-27-24-21-18-15-12-9-6-3)61-75-78(71,72)74-60-62(58-67)76-65(69)56-53-50-47-44-41-38-35-32-29-26-23-20-17-14-11-8-5-2/h7,9-10,12,16-21,25-30,34,36-37,39,45,48,62-63,67H,4-6,8,11,13-15,22-24,31-33,35,38,40-44,46-47,49-61H2,1-3H3,(H,71,72)/b10-7-,12-9-,19-16-,20-17-,21-18-,28-25-,29-26-,30-27-,37-34-,39-36-,48-45-. The molecule has 0 heterocycles. The maximum atomic E-state index is 12.9. The number of phosphoric ester groups is 1. The van der Waals surface area contributed by atoms with Gasteiger partial charge in [-0.1, -0.05) is 212 Å². The van der Waals surface area contributed by atoms with Crippen LogP contribution in [-0.2, 0) is 42.2 Å². The molecular weight excluding hydrogens is 1000 g/mol. The van der Waals surface area contributed by atoms with Gasteiger partial charge in [0.25, 0.3) is 0 Å². The number of allylic oxidation sites excluding steroid dienone is 22. The third kappa shape index (κ3) is 56.3. The molecule has 0 aliphatic heterocycles. The Labute approximate surface area is 474 Å². The van der Waals surface area contributed by atoms with Crippen molar-refractivity contribution in [3.05, 3.63) is 134 Å². The third-order valence-electron chi connectivity index (χ3n) is 12.0. The number of hydrogen-bond donors (Lipinski definition) is 2. The molecule has 0 saturated carbocycles. The molecule has 0 aromatic heterocycles. The van der Waals surface area contributed by atoms with Gasteiger partial charge in [0, 0.05) is 19.3 Å². The second-order valence-corrected chi connectivity index (χ2v) is 20.8. The maximum absolute atomic E-state index is 12.9. The van der Waals surface area contributed by atoms with Gasteiger partial charge >= 0.3 is 25.7 Å². The highest BCUT2D eigenvalue weighted by Crippen LogP contribution is 2.43. The van der Waals surface area contributed by atoms with Crippen molar-refractivity contribution in [2.24, 2.45) is 0 Å². The second-order valence-electron chi connectivity index (χ2n) is 19.4. The number of carbonyl (C=O) groups is 3. The molecule has 0 radical (unpaired) electrons. The molecule has 0 bridgehead atoms. The Kier molecular flexibility index (Phi) is 55.5. The summed E-state index contributed by atoms with van der Waals surface area (Å²) < 4.78 is 39.5. The van der Waals surface area contributed by atoms with Gasteiger partial charge in [-0.3, -0.25) is 23.4 Å². The van der Waals surface area contributed by atoms with Crippen molar-refractivity contribution < 1.29 is 52.2 Å². The lowest BCUT2D eigenvalue weighted by molar-refractivity contribution is -0.161. The Morgan fingerprint density at radius 1 is 0.372 bits per heavy atom. The van der Waals surface area contributed by atoms with Crippen molar-refractivity contribution in [3.63, 3.8) is 0 Å². The zero-order valence-electron chi connectivity index (χ0n) is 48.8. The van der Waals surface area contributed by atoms with E-state index in [0.29, 0.717) is 25.7 Å². The van der Waals surface area contributed by atoms with Crippen LogP contribution in [0.15, 0.2) is 134 Å². The number of unbranched alkanes of at least 4 members (excludes halogenated alkanes) is 15. The van der Waals surface area contributed by atoms with Crippen LogP contribution in [0, 0.1) is 0 Å². The molecule has 442 valence electrons. The molecule has 78 heavy (non-hydrogen) atoms. The summed E-state index contributed by atoms with van der Waals surface area (Å²) in [6, 6.07) is 0. The Hall–Kier alpha value is -4.38. The summed E-state index contributed by atoms with van der Waals surface area (Å²) in [5.41, 5.74) is 0. The highest BCUT2D eigenvalue weighted by Gasteiger charge is 2.28. The van der Waals surface area contributed by atoms with Gasteiger partial charge < -0.3 is 24.2 Å². The van der Waals surface area contributed by atoms with Crippen molar-refractivity contribution in [2.75, 3.05) is 26.4 Å². The summed E-state index contributed by atoms with van der Waals surface area (Å²) in [4.78, 5) is 48.6. The fourth-order valence-electron chi connectivity index (χ4n) is 7.53. The fourth-order valence-corrected chi connectivity index (χ4v) is 8.31. The normalized spacial score (nSPS) is 14.3. The Morgan fingerprint density at radius 2 is 0.679 bits per heavy atom. The van der Waals surface area contributed by atoms with Crippen LogP contribution < -0.4 is 0 Å². The van der Waals surface area contributed by atoms with Crippen molar-refractivity contribution in [1.29, 1.82) is 0 Å². The largest absolute Gasteiger partial charge is 0.472 e. The predicted molar refractivity (Wildman–Crippen MR) is 325 cm³/mol. The average molecular weight is 1110 g/mol. The molecule has 3 unspecified atom stereocenters. The molecule has 0 aliphatic rings. The first kappa shape index (κ1) is 73.6. The minimum Gasteiger partial charge on any atom is -0.462 e. The number of esters is 3. The number of rotatable bonds is 54. The van der Waals surface area contributed by atoms with Crippen molar-refractivity contribution in [3.8, 4) is 0 Å². The van der Waals surface area contributed by atoms with Crippen molar-refractivity contribution >= 4 is 25.7 Å². The molecular formula is C66H107O11P. The van der Waals surface area contributed by atoms with Gasteiger partial charge in [-0.25, -0.2) is 4.57 Å². The van der Waals surface area contributed by atoms with E-state index in [2.05, 4.69) is 142 Å². The van der Waals surface area contributed by atoms with Crippen LogP contribution in [0.3, 0.4) is 0 Å². The molecule has 0 aromatic rings. The van der Waals surface area contributed by atoms with E-state index in [1.165, 1.54) is 38.5 Å². The Bertz CT molecular complexity index is 1820. The van der Waals surface area contributed by atoms with E-state index in [1.807, 2.05) is 12.2 Å². The number of aliphatic hydroxyl groups is 1. The molecule has 12 heteroatoms. The fraction of sp³-hybridized carbons (Fsp3) is 0.621. The minimum atomic E-state index is -4.78. The second kappa shape index (κ2) is 58.8. The molecule has 2 N–H and O–H groups in total. The molecule has 0 amide bonds. The highest BCUT2D eigenvalue weighted by molar-refractivity contribution is 7.47. The summed E-state index contributed by atoms with van der Waals surface area (Å²) in [5, 5.41) is 9.84. The molecule has 3 atom stereocenters. The molecule has 11 nitrogen and oxygen atoms in total. The summed E-state index contributed by atoms with van der Waals surface area (Å²) in [5.74, 6) is -1.59. The summed E-state index contributed by atoms with van der Waals surface area (Å²) in [7, 11) is -4.78. The number of carbonyl (C=O) groups excluding carboxylic acids is 3. The predicted octanol–water partition coefficient (Wildman–Crippen LogP) is 18.1. The van der Waals surface area contributed by atoms with Crippen LogP contribution >= 0.6 is 7.82 Å². The van der Waals surface area contributed by atoms with Crippen molar-refractivity contribution in [1.82, 2.24) is 0 Å². The summed E-state index contributed by atoms with van der Waals surface area (Å²) in [6.07, 6.45) is 74.1. The monoisotopic (exact) mass is 1110 g/mol. The zero-order valence-corrected chi connectivity index (χ0v) is 49.7. The van der Waals surface area contributed by atoms with Gasteiger partial charge in [-0.2, -0.15) is 0 Å². The number of phosphoric acid groups is 1. The molecule has 0 aliphatic carbocycles. The quantitative estimate of drug-likeness (QED) is 0.0197. The van der Waals surface area contributed by atoms with Crippen LogP contribution in [0.5, 0.6) is 0 Å². The number of hydrogen-bond acceptors (Lipinski definition) is 10. The highest BCUT2D eigenvalue weighted by atomic mass is 31.2. The first-order chi connectivity index (χ1) is 38.2. The summed E-state index contributed by atoms with van der Waals surface area (Å²) in [6.45, 7) is 4.28. The molecule has 0 fully saturated rings. The van der Waals surface area contributed by atoms with E-state index in [-0.39, 0.29) is 25.9 Å².